The molecule has 1 heterocycles. The van der Waals surface area contributed by atoms with Crippen molar-refractivity contribution in [2.24, 2.45) is 0 Å². The first-order valence-corrected chi connectivity index (χ1v) is 7.23. The van der Waals surface area contributed by atoms with Gasteiger partial charge in [0, 0.05) is 7.11 Å². The lowest BCUT2D eigenvalue weighted by Gasteiger charge is -2.11. The van der Waals surface area contributed by atoms with Crippen molar-refractivity contribution in [1.29, 1.82) is 0 Å². The van der Waals surface area contributed by atoms with Crippen LogP contribution in [0.2, 0.25) is 0 Å². The summed E-state index contributed by atoms with van der Waals surface area (Å²) in [4.78, 5) is 22.8. The summed E-state index contributed by atoms with van der Waals surface area (Å²) >= 11 is 0. The Labute approximate surface area is 115 Å². The predicted molar refractivity (Wildman–Crippen MR) is 67.9 cm³/mol. The van der Waals surface area contributed by atoms with E-state index in [0.29, 0.717) is 22.9 Å². The lowest BCUT2D eigenvalue weighted by Crippen LogP contribution is -2.35. The van der Waals surface area contributed by atoms with E-state index in [4.69, 9.17) is 9.84 Å². The van der Waals surface area contributed by atoms with Crippen molar-refractivity contribution < 1.29 is 27.9 Å². The van der Waals surface area contributed by atoms with Gasteiger partial charge in [0.15, 0.2) is 0 Å². The van der Waals surface area contributed by atoms with Gasteiger partial charge in [-0.15, -0.1) is 0 Å². The number of carbonyl (C=O) groups excluding carboxylic acids is 1. The number of nitrogens with zero attached hydrogens (tertiary/aromatic N) is 1. The molecule has 0 bridgehead atoms. The van der Waals surface area contributed by atoms with E-state index in [2.05, 4.69) is 0 Å². The Morgan fingerprint density at radius 3 is 2.70 bits per heavy atom. The molecule has 0 unspecified atom stereocenters. The molecule has 1 aliphatic heterocycles. The molecule has 0 spiro atoms. The number of carboxylic acids is 1. The van der Waals surface area contributed by atoms with Crippen molar-refractivity contribution in [3.05, 3.63) is 29.3 Å². The highest BCUT2D eigenvalue weighted by Gasteiger charge is 2.43. The van der Waals surface area contributed by atoms with Crippen LogP contribution in [0.5, 0.6) is 0 Å². The van der Waals surface area contributed by atoms with Crippen molar-refractivity contribution >= 4 is 21.9 Å². The second-order valence-electron chi connectivity index (χ2n) is 4.24. The zero-order chi connectivity index (χ0) is 14.9. The fourth-order valence-electron chi connectivity index (χ4n) is 2.09. The first kappa shape index (κ1) is 14.5. The number of benzene rings is 1. The lowest BCUT2D eigenvalue weighted by molar-refractivity contribution is -0.136. The van der Waals surface area contributed by atoms with Gasteiger partial charge in [0.1, 0.15) is 11.4 Å². The molecule has 1 aliphatic rings. The smallest absolute Gasteiger partial charge is 0.324 e. The fourth-order valence-corrected chi connectivity index (χ4v) is 3.64. The van der Waals surface area contributed by atoms with Gasteiger partial charge in [0.05, 0.1) is 12.2 Å². The van der Waals surface area contributed by atoms with Gasteiger partial charge in [-0.2, -0.15) is 0 Å². The van der Waals surface area contributed by atoms with Crippen molar-refractivity contribution in [3.63, 3.8) is 0 Å². The fraction of sp³-hybridized carbons (Fsp3) is 0.333. The molecule has 1 aromatic carbocycles. The molecule has 1 aromatic rings. The summed E-state index contributed by atoms with van der Waals surface area (Å²) in [5, 5.41) is 8.74. The Hall–Kier alpha value is -1.93. The van der Waals surface area contributed by atoms with E-state index < -0.39 is 28.4 Å². The summed E-state index contributed by atoms with van der Waals surface area (Å²) in [6, 6.07) is 4.47. The van der Waals surface area contributed by atoms with Crippen LogP contribution in [0.1, 0.15) is 15.9 Å². The molecule has 20 heavy (non-hydrogen) atoms. The third-order valence-electron chi connectivity index (χ3n) is 2.98. The SMILES string of the molecule is COCCc1cccc2c1C(=O)N(CC(=O)O)S2(=O)=O. The normalized spacial score (nSPS) is 16.2. The summed E-state index contributed by atoms with van der Waals surface area (Å²) in [5.41, 5.74) is 0.580. The van der Waals surface area contributed by atoms with Crippen LogP contribution in [0.3, 0.4) is 0 Å². The molecule has 0 saturated heterocycles. The second kappa shape index (κ2) is 5.22. The summed E-state index contributed by atoms with van der Waals surface area (Å²) in [7, 11) is -2.58. The van der Waals surface area contributed by atoms with E-state index in [-0.39, 0.29) is 10.5 Å². The van der Waals surface area contributed by atoms with Crippen LogP contribution in [-0.4, -0.2) is 50.0 Å². The lowest BCUT2D eigenvalue weighted by atomic mass is 10.0. The zero-order valence-corrected chi connectivity index (χ0v) is 11.5. The molecule has 1 N–H and O–H groups in total. The Balaban J connectivity index is 2.52. The number of hydrogen-bond donors (Lipinski definition) is 1. The third-order valence-corrected chi connectivity index (χ3v) is 4.75. The zero-order valence-electron chi connectivity index (χ0n) is 10.7. The molecule has 0 saturated carbocycles. The van der Waals surface area contributed by atoms with Gasteiger partial charge in [-0.25, -0.2) is 12.7 Å². The highest BCUT2D eigenvalue weighted by molar-refractivity contribution is 7.90. The molecule has 8 heteroatoms. The summed E-state index contributed by atoms with van der Waals surface area (Å²) in [6.07, 6.45) is 0.377. The van der Waals surface area contributed by atoms with Gasteiger partial charge in [-0.3, -0.25) is 9.59 Å². The van der Waals surface area contributed by atoms with Crippen LogP contribution in [-0.2, 0) is 26.0 Å². The minimum Gasteiger partial charge on any atom is -0.480 e. The van der Waals surface area contributed by atoms with Gasteiger partial charge in [0.2, 0.25) is 0 Å². The van der Waals surface area contributed by atoms with Crippen LogP contribution in [0, 0.1) is 0 Å². The molecule has 0 fully saturated rings. The molecule has 2 rings (SSSR count). The first-order chi connectivity index (χ1) is 9.39. The third kappa shape index (κ3) is 2.27. The maximum absolute atomic E-state index is 12.2. The molecule has 0 radical (unpaired) electrons. The standard InChI is InChI=1S/C12H13NO6S/c1-19-6-5-8-3-2-4-9-11(8)12(16)13(7-10(14)15)20(9,17)18/h2-4H,5-7H2,1H3,(H,14,15). The molecule has 0 aliphatic carbocycles. The minimum atomic E-state index is -4.08. The van der Waals surface area contributed by atoms with Gasteiger partial charge in [0.25, 0.3) is 15.9 Å². The number of hydrogen-bond acceptors (Lipinski definition) is 5. The Kier molecular flexibility index (Phi) is 3.78. The van der Waals surface area contributed by atoms with Gasteiger partial charge < -0.3 is 9.84 Å². The number of rotatable bonds is 5. The molecular formula is C12H13NO6S. The number of fused-ring (bicyclic) bond motifs is 1. The van der Waals surface area contributed by atoms with E-state index in [1.54, 1.807) is 6.07 Å². The predicted octanol–water partition coefficient (Wildman–Crippen LogP) is 0.105. The van der Waals surface area contributed by atoms with Crippen molar-refractivity contribution in [3.8, 4) is 0 Å². The average Bonchev–Trinajstić information content (AvgIpc) is 2.58. The largest absolute Gasteiger partial charge is 0.480 e. The van der Waals surface area contributed by atoms with E-state index in [9.17, 15) is 18.0 Å². The van der Waals surface area contributed by atoms with Crippen LogP contribution < -0.4 is 0 Å². The van der Waals surface area contributed by atoms with Gasteiger partial charge in [-0.1, -0.05) is 12.1 Å². The number of methoxy groups -OCH3 is 1. The molecular weight excluding hydrogens is 286 g/mol. The topological polar surface area (TPSA) is 101 Å². The molecule has 108 valence electrons. The molecule has 7 nitrogen and oxygen atoms in total. The van der Waals surface area contributed by atoms with Gasteiger partial charge >= 0.3 is 5.97 Å². The molecule has 0 atom stereocenters. The van der Waals surface area contributed by atoms with E-state index >= 15 is 0 Å². The van der Waals surface area contributed by atoms with Crippen molar-refractivity contribution in [2.45, 2.75) is 11.3 Å². The number of carboxylic acid groups (broad SMARTS) is 1. The number of aliphatic carboxylic acids is 1. The highest BCUT2D eigenvalue weighted by Crippen LogP contribution is 2.32. The summed E-state index contributed by atoms with van der Waals surface area (Å²) in [6.45, 7) is -0.539. The van der Waals surface area contributed by atoms with Gasteiger partial charge in [-0.05, 0) is 18.1 Å². The van der Waals surface area contributed by atoms with E-state index in [1.165, 1.54) is 19.2 Å². The van der Waals surface area contributed by atoms with E-state index in [0.717, 1.165) is 0 Å². The molecule has 0 aromatic heterocycles. The molecule has 1 amide bonds. The van der Waals surface area contributed by atoms with Crippen LogP contribution in [0.15, 0.2) is 23.1 Å². The number of carbonyl (C=O) groups is 2. The van der Waals surface area contributed by atoms with Crippen LogP contribution in [0.25, 0.3) is 0 Å². The van der Waals surface area contributed by atoms with Crippen molar-refractivity contribution in [1.82, 2.24) is 4.31 Å². The van der Waals surface area contributed by atoms with Crippen LogP contribution in [0.4, 0.5) is 0 Å². The highest BCUT2D eigenvalue weighted by atomic mass is 32.2. The maximum Gasteiger partial charge on any atom is 0.324 e. The van der Waals surface area contributed by atoms with Crippen molar-refractivity contribution in [2.75, 3.05) is 20.3 Å². The maximum atomic E-state index is 12.2. The minimum absolute atomic E-state index is 0.0470. The quantitative estimate of drug-likeness (QED) is 0.827. The second-order valence-corrected chi connectivity index (χ2v) is 6.07. The number of amides is 1. The summed E-state index contributed by atoms with van der Waals surface area (Å²) in [5.74, 6) is -2.18. The van der Waals surface area contributed by atoms with E-state index in [1.807, 2.05) is 0 Å². The van der Waals surface area contributed by atoms with Crippen LogP contribution >= 0.6 is 0 Å². The monoisotopic (exact) mass is 299 g/mol. The number of ether oxygens (including phenoxy) is 1. The Morgan fingerprint density at radius 1 is 1.40 bits per heavy atom. The summed E-state index contributed by atoms with van der Waals surface area (Å²) < 4.78 is 29.6. The Morgan fingerprint density at radius 2 is 2.10 bits per heavy atom. The first-order valence-electron chi connectivity index (χ1n) is 5.79. The Bertz CT molecular complexity index is 667. The average molecular weight is 299 g/mol. The number of sulfonamides is 1.